The van der Waals surface area contributed by atoms with Crippen LogP contribution in [0.3, 0.4) is 0 Å². The minimum Gasteiger partial charge on any atom is -0.492 e. The molecule has 0 saturated carbocycles. The molecule has 1 aromatic carbocycles. The molecule has 0 unspecified atom stereocenters. The summed E-state index contributed by atoms with van der Waals surface area (Å²) in [6, 6.07) is 9.82. The lowest BCUT2D eigenvalue weighted by molar-refractivity contribution is -0.127. The summed E-state index contributed by atoms with van der Waals surface area (Å²) < 4.78 is 7.64. The van der Waals surface area contributed by atoms with Gasteiger partial charge in [-0.15, -0.1) is 11.3 Å². The number of carbonyl (C=O) groups is 1. The number of ether oxygens (including phenoxy) is 1. The topological polar surface area (TPSA) is 50.1 Å². The second-order valence-electron chi connectivity index (χ2n) is 6.51. The van der Waals surface area contributed by atoms with E-state index < -0.39 is 0 Å². The quantitative estimate of drug-likeness (QED) is 0.578. The molecule has 0 aliphatic carbocycles. The van der Waals surface area contributed by atoms with E-state index in [1.165, 1.54) is 11.3 Å². The first-order chi connectivity index (χ1) is 13.7. The van der Waals surface area contributed by atoms with E-state index in [0.717, 1.165) is 36.0 Å². The highest BCUT2D eigenvalue weighted by Crippen LogP contribution is 2.22. The van der Waals surface area contributed by atoms with Crippen molar-refractivity contribution < 1.29 is 9.53 Å². The van der Waals surface area contributed by atoms with Gasteiger partial charge in [0, 0.05) is 50.4 Å². The normalized spacial score (nSPS) is 15.5. The number of imidazole rings is 1. The van der Waals surface area contributed by atoms with Gasteiger partial charge < -0.3 is 9.64 Å². The molecule has 0 bridgehead atoms. The van der Waals surface area contributed by atoms with Gasteiger partial charge in [-0.2, -0.15) is 0 Å². The molecule has 1 aliphatic heterocycles. The van der Waals surface area contributed by atoms with Crippen molar-refractivity contribution in [2.24, 2.45) is 0 Å². The summed E-state index contributed by atoms with van der Waals surface area (Å²) in [5, 5.41) is 2.36. The van der Waals surface area contributed by atoms with Crippen LogP contribution >= 0.6 is 22.9 Å². The fraction of sp³-hybridized carbons (Fsp3) is 0.300. The molecule has 4 rings (SSSR count). The number of hydrogen-bond acceptors (Lipinski definition) is 5. The second kappa shape index (κ2) is 8.77. The highest BCUT2D eigenvalue weighted by molar-refractivity contribution is 7.15. The number of halogens is 1. The van der Waals surface area contributed by atoms with Crippen LogP contribution < -0.4 is 4.74 Å². The van der Waals surface area contributed by atoms with Gasteiger partial charge in [0.15, 0.2) is 10.1 Å². The minimum atomic E-state index is 0.00133. The van der Waals surface area contributed by atoms with Gasteiger partial charge >= 0.3 is 0 Å². The van der Waals surface area contributed by atoms with Crippen LogP contribution in [-0.4, -0.2) is 64.4 Å². The van der Waals surface area contributed by atoms with Gasteiger partial charge in [-0.1, -0.05) is 29.8 Å². The molecule has 8 heteroatoms. The maximum Gasteiger partial charge on any atom is 0.246 e. The summed E-state index contributed by atoms with van der Waals surface area (Å²) in [6.07, 6.45) is 5.23. The highest BCUT2D eigenvalue weighted by atomic mass is 35.5. The van der Waals surface area contributed by atoms with Crippen LogP contribution in [-0.2, 0) is 4.79 Å². The van der Waals surface area contributed by atoms with Crippen LogP contribution in [0.15, 0.2) is 48.0 Å². The van der Waals surface area contributed by atoms with Crippen molar-refractivity contribution >= 4 is 39.9 Å². The van der Waals surface area contributed by atoms with Crippen molar-refractivity contribution in [1.82, 2.24) is 19.2 Å². The van der Waals surface area contributed by atoms with E-state index in [0.29, 0.717) is 24.8 Å². The summed E-state index contributed by atoms with van der Waals surface area (Å²) in [5.74, 6) is 0.890. The zero-order valence-electron chi connectivity index (χ0n) is 15.3. The van der Waals surface area contributed by atoms with Gasteiger partial charge in [0.25, 0.3) is 0 Å². The number of fused-ring (bicyclic) bond motifs is 1. The van der Waals surface area contributed by atoms with Crippen LogP contribution in [0.5, 0.6) is 5.75 Å². The van der Waals surface area contributed by atoms with Crippen LogP contribution in [0.1, 0.15) is 5.69 Å². The van der Waals surface area contributed by atoms with Crippen LogP contribution in [0.2, 0.25) is 5.15 Å². The first kappa shape index (κ1) is 19.0. The molecule has 0 radical (unpaired) electrons. The first-order valence-corrected chi connectivity index (χ1v) is 10.4. The van der Waals surface area contributed by atoms with Crippen molar-refractivity contribution in [3.05, 3.63) is 58.8 Å². The Hall–Kier alpha value is -2.35. The van der Waals surface area contributed by atoms with Crippen LogP contribution in [0.4, 0.5) is 0 Å². The fourth-order valence-electron chi connectivity index (χ4n) is 3.18. The number of benzene rings is 1. The van der Waals surface area contributed by atoms with E-state index in [9.17, 15) is 4.79 Å². The number of nitrogens with zero attached hydrogens (tertiary/aromatic N) is 4. The SMILES string of the molecule is O=C(/C=C/c1c(Cl)nc2sccn12)N1CCN(CCOc2ccccc2)CC1. The lowest BCUT2D eigenvalue weighted by Gasteiger charge is -2.34. The van der Waals surface area contributed by atoms with E-state index in [4.69, 9.17) is 16.3 Å². The van der Waals surface area contributed by atoms with Gasteiger partial charge in [0.05, 0.1) is 5.69 Å². The Balaban J connectivity index is 1.25. The van der Waals surface area contributed by atoms with Gasteiger partial charge in [0.1, 0.15) is 12.4 Å². The second-order valence-corrected chi connectivity index (χ2v) is 7.74. The number of hydrogen-bond donors (Lipinski definition) is 0. The minimum absolute atomic E-state index is 0.00133. The van der Waals surface area contributed by atoms with E-state index in [2.05, 4.69) is 9.88 Å². The Morgan fingerprint density at radius 3 is 2.79 bits per heavy atom. The zero-order valence-corrected chi connectivity index (χ0v) is 16.9. The molecule has 28 heavy (non-hydrogen) atoms. The molecule has 2 aromatic heterocycles. The molecule has 3 heterocycles. The average molecular weight is 417 g/mol. The zero-order chi connectivity index (χ0) is 19.3. The number of rotatable bonds is 6. The number of piperazine rings is 1. The van der Waals surface area contributed by atoms with E-state index in [-0.39, 0.29) is 5.91 Å². The third-order valence-corrected chi connectivity index (χ3v) is 5.78. The smallest absolute Gasteiger partial charge is 0.246 e. The molecular formula is C20H21ClN4O2S. The third-order valence-electron chi connectivity index (χ3n) is 4.74. The highest BCUT2D eigenvalue weighted by Gasteiger charge is 2.19. The largest absolute Gasteiger partial charge is 0.492 e. The lowest BCUT2D eigenvalue weighted by atomic mass is 10.3. The summed E-state index contributed by atoms with van der Waals surface area (Å²) in [4.78, 5) is 21.8. The van der Waals surface area contributed by atoms with Gasteiger partial charge in [-0.3, -0.25) is 14.1 Å². The molecule has 146 valence electrons. The van der Waals surface area contributed by atoms with Crippen molar-refractivity contribution in [2.75, 3.05) is 39.3 Å². The number of thiazole rings is 1. The van der Waals surface area contributed by atoms with Gasteiger partial charge in [-0.05, 0) is 18.2 Å². The molecule has 1 saturated heterocycles. The van der Waals surface area contributed by atoms with Crippen LogP contribution in [0, 0.1) is 0 Å². The Morgan fingerprint density at radius 1 is 1.21 bits per heavy atom. The van der Waals surface area contributed by atoms with Gasteiger partial charge in [0.2, 0.25) is 5.91 Å². The standard InChI is InChI=1S/C20H21ClN4O2S/c21-19-17(25-13-15-28-20(25)22-19)6-7-18(26)24-10-8-23(9-11-24)12-14-27-16-4-2-1-3-5-16/h1-7,13,15H,8-12,14H2/b7-6+. The summed E-state index contributed by atoms with van der Waals surface area (Å²) in [7, 11) is 0. The van der Waals surface area contributed by atoms with Gasteiger partial charge in [-0.25, -0.2) is 4.98 Å². The summed E-state index contributed by atoms with van der Waals surface area (Å²) in [5.41, 5.74) is 0.739. The maximum absolute atomic E-state index is 12.5. The number of carbonyl (C=O) groups excluding carboxylic acids is 1. The molecule has 3 aromatic rings. The van der Waals surface area contributed by atoms with E-state index >= 15 is 0 Å². The number of para-hydroxylation sites is 1. The van der Waals surface area contributed by atoms with Crippen molar-refractivity contribution in [3.63, 3.8) is 0 Å². The van der Waals surface area contributed by atoms with E-state index in [1.807, 2.05) is 51.2 Å². The summed E-state index contributed by atoms with van der Waals surface area (Å²) in [6.45, 7) is 4.62. The van der Waals surface area contributed by atoms with E-state index in [1.54, 1.807) is 12.2 Å². The molecule has 0 atom stereocenters. The molecule has 1 amide bonds. The number of amides is 1. The first-order valence-electron chi connectivity index (χ1n) is 9.19. The fourth-order valence-corrected chi connectivity index (χ4v) is 4.19. The van der Waals surface area contributed by atoms with Crippen molar-refractivity contribution in [2.45, 2.75) is 0 Å². The Kier molecular flexibility index (Phi) is 5.95. The molecule has 6 nitrogen and oxygen atoms in total. The summed E-state index contributed by atoms with van der Waals surface area (Å²) >= 11 is 7.68. The predicted octanol–water partition coefficient (Wildman–Crippen LogP) is 3.29. The van der Waals surface area contributed by atoms with Crippen molar-refractivity contribution in [1.29, 1.82) is 0 Å². The molecular weight excluding hydrogens is 396 g/mol. The lowest BCUT2D eigenvalue weighted by Crippen LogP contribution is -2.49. The van der Waals surface area contributed by atoms with Crippen LogP contribution in [0.25, 0.3) is 11.0 Å². The monoisotopic (exact) mass is 416 g/mol. The molecule has 1 aliphatic rings. The molecule has 1 fully saturated rings. The van der Waals surface area contributed by atoms with Crippen molar-refractivity contribution in [3.8, 4) is 5.75 Å². The Labute approximate surface area is 172 Å². The third kappa shape index (κ3) is 4.38. The Morgan fingerprint density at radius 2 is 2.00 bits per heavy atom. The average Bonchev–Trinajstić information content (AvgIpc) is 3.28. The maximum atomic E-state index is 12.5. The predicted molar refractivity (Wildman–Crippen MR) is 112 cm³/mol. The molecule has 0 N–H and O–H groups in total. The Bertz CT molecular complexity index is 961. The molecule has 0 spiro atoms. The number of aromatic nitrogens is 2.